The van der Waals surface area contributed by atoms with Crippen molar-refractivity contribution in [3.05, 3.63) is 71.8 Å². The summed E-state index contributed by atoms with van der Waals surface area (Å²) in [7, 11) is -3.19. The molecule has 3 nitrogen and oxygen atoms in total. The van der Waals surface area contributed by atoms with Gasteiger partial charge in [0, 0.05) is 0 Å². The van der Waals surface area contributed by atoms with E-state index in [4.69, 9.17) is 9.05 Å². The van der Waals surface area contributed by atoms with Gasteiger partial charge in [0.25, 0.3) is 0 Å². The molecule has 0 spiro atoms. The molecule has 0 N–H and O–H groups in total. The minimum absolute atomic E-state index is 0.313. The molecule has 0 fully saturated rings. The fourth-order valence-electron chi connectivity index (χ4n) is 4.04. The number of rotatable bonds is 18. The molecule has 0 aliphatic carbocycles. The van der Waals surface area contributed by atoms with Gasteiger partial charge in [-0.2, -0.15) is 0 Å². The van der Waals surface area contributed by atoms with Gasteiger partial charge in [0.15, 0.2) is 0 Å². The second-order valence-corrected chi connectivity index (χ2v) is 12.0. The molecule has 0 saturated heterocycles. The molecule has 33 heavy (non-hydrogen) atoms. The largest absolute Gasteiger partial charge is 0.331 e. The third kappa shape index (κ3) is 13.2. The van der Waals surface area contributed by atoms with Crippen LogP contribution in [0.4, 0.5) is 0 Å². The summed E-state index contributed by atoms with van der Waals surface area (Å²) < 4.78 is 25.5. The van der Waals surface area contributed by atoms with Crippen LogP contribution >= 0.6 is 7.60 Å². The highest BCUT2D eigenvalue weighted by Crippen LogP contribution is 2.51. The minimum Gasteiger partial charge on any atom is -0.304 e. The lowest BCUT2D eigenvalue weighted by molar-refractivity contribution is 0.187. The molecule has 0 aliphatic heterocycles. The van der Waals surface area contributed by atoms with Crippen molar-refractivity contribution in [2.45, 2.75) is 91.8 Å². The van der Waals surface area contributed by atoms with Crippen molar-refractivity contribution in [2.24, 2.45) is 11.8 Å². The third-order valence-electron chi connectivity index (χ3n) is 6.06. The van der Waals surface area contributed by atoms with Crippen molar-refractivity contribution in [3.63, 3.8) is 0 Å². The Hall–Kier alpha value is -1.41. The lowest BCUT2D eigenvalue weighted by atomic mass is 10.0. The zero-order valence-corrected chi connectivity index (χ0v) is 22.0. The van der Waals surface area contributed by atoms with Crippen LogP contribution in [0, 0.1) is 11.8 Å². The number of unbranched alkanes of at least 4 members (excludes halogenated alkanes) is 6. The molecule has 0 bridgehead atoms. The highest BCUT2D eigenvalue weighted by atomic mass is 31.2. The van der Waals surface area contributed by atoms with Crippen molar-refractivity contribution in [1.82, 2.24) is 0 Å². The lowest BCUT2D eigenvalue weighted by Gasteiger charge is -2.22. The van der Waals surface area contributed by atoms with E-state index in [1.165, 1.54) is 51.4 Å². The molecule has 4 heteroatoms. The van der Waals surface area contributed by atoms with Gasteiger partial charge in [0.05, 0.1) is 19.4 Å². The molecule has 2 rings (SSSR count). The summed E-state index contributed by atoms with van der Waals surface area (Å²) in [6.45, 7) is 7.42. The molecule has 184 valence electrons. The standard InChI is InChI=1S/C29H45O3P/c1-26(2)17-11-7-5-4-6-8-12-18-27(3)25-33(30,31-23-28-19-13-9-14-20-28)32-24-29-21-15-10-16-22-29/h9-10,13-16,19-22,26-27H,4-8,11-12,17-18,23-25H2,1-3H3. The Morgan fingerprint density at radius 2 is 1.06 bits per heavy atom. The zero-order valence-electron chi connectivity index (χ0n) is 21.1. The normalized spacial score (nSPS) is 12.8. The maximum absolute atomic E-state index is 13.6. The van der Waals surface area contributed by atoms with Crippen molar-refractivity contribution in [1.29, 1.82) is 0 Å². The molecular weight excluding hydrogens is 427 g/mol. The third-order valence-corrected chi connectivity index (χ3v) is 8.17. The smallest absolute Gasteiger partial charge is 0.304 e. The summed E-state index contributed by atoms with van der Waals surface area (Å²) in [6, 6.07) is 19.8. The molecule has 1 atom stereocenters. The Morgan fingerprint density at radius 1 is 0.636 bits per heavy atom. The fraction of sp³-hybridized carbons (Fsp3) is 0.586. The van der Waals surface area contributed by atoms with E-state index in [-0.39, 0.29) is 0 Å². The van der Waals surface area contributed by atoms with E-state index >= 15 is 0 Å². The summed E-state index contributed by atoms with van der Waals surface area (Å²) in [5.41, 5.74) is 2.03. The Morgan fingerprint density at radius 3 is 1.52 bits per heavy atom. The van der Waals surface area contributed by atoms with Crippen LogP contribution in [0.15, 0.2) is 60.7 Å². The first kappa shape index (κ1) is 27.8. The molecule has 2 aromatic rings. The molecule has 0 amide bonds. The maximum atomic E-state index is 13.6. The molecule has 0 radical (unpaired) electrons. The van der Waals surface area contributed by atoms with E-state index in [0.717, 1.165) is 23.5 Å². The predicted molar refractivity (Wildman–Crippen MR) is 140 cm³/mol. The molecule has 0 saturated carbocycles. The van der Waals surface area contributed by atoms with Crippen molar-refractivity contribution in [3.8, 4) is 0 Å². The van der Waals surface area contributed by atoms with Crippen LogP contribution in [0.3, 0.4) is 0 Å². The van der Waals surface area contributed by atoms with Gasteiger partial charge in [-0.05, 0) is 23.0 Å². The van der Waals surface area contributed by atoms with Gasteiger partial charge in [-0.25, -0.2) is 0 Å². The van der Waals surface area contributed by atoms with Crippen LogP contribution in [0.5, 0.6) is 0 Å². The first-order chi connectivity index (χ1) is 16.0. The Balaban J connectivity index is 1.74. The lowest BCUT2D eigenvalue weighted by Crippen LogP contribution is -2.08. The van der Waals surface area contributed by atoms with Gasteiger partial charge in [0.1, 0.15) is 0 Å². The minimum atomic E-state index is -3.19. The maximum Gasteiger partial charge on any atom is 0.331 e. The average Bonchev–Trinajstić information content (AvgIpc) is 2.82. The van der Waals surface area contributed by atoms with Gasteiger partial charge in [-0.3, -0.25) is 4.57 Å². The van der Waals surface area contributed by atoms with Crippen LogP contribution in [-0.2, 0) is 26.8 Å². The van der Waals surface area contributed by atoms with Gasteiger partial charge >= 0.3 is 7.60 Å². The van der Waals surface area contributed by atoms with Crippen molar-refractivity contribution in [2.75, 3.05) is 6.16 Å². The number of benzene rings is 2. The summed E-state index contributed by atoms with van der Waals surface area (Å²) in [4.78, 5) is 0. The highest BCUT2D eigenvalue weighted by Gasteiger charge is 2.27. The van der Waals surface area contributed by atoms with Crippen molar-refractivity contribution >= 4 is 7.60 Å². The summed E-state index contributed by atoms with van der Waals surface area (Å²) in [6.07, 6.45) is 12.1. The highest BCUT2D eigenvalue weighted by molar-refractivity contribution is 7.53. The first-order valence-corrected chi connectivity index (χ1v) is 14.7. The fourth-order valence-corrected chi connectivity index (χ4v) is 5.96. The van der Waals surface area contributed by atoms with Gasteiger partial charge in [-0.15, -0.1) is 0 Å². The van der Waals surface area contributed by atoms with Gasteiger partial charge in [-0.1, -0.05) is 139 Å². The van der Waals surface area contributed by atoms with E-state index in [1.54, 1.807) is 0 Å². The SMILES string of the molecule is CC(C)CCCCCCCCCC(C)CP(=O)(OCc1ccccc1)OCc1ccccc1. The van der Waals surface area contributed by atoms with Crippen LogP contribution in [0.25, 0.3) is 0 Å². The molecule has 0 heterocycles. The van der Waals surface area contributed by atoms with E-state index in [2.05, 4.69) is 20.8 Å². The Bertz CT molecular complexity index is 728. The number of hydrogen-bond donors (Lipinski definition) is 0. The van der Waals surface area contributed by atoms with Crippen LogP contribution in [0.1, 0.15) is 89.7 Å². The molecule has 2 aromatic carbocycles. The number of hydrogen-bond acceptors (Lipinski definition) is 3. The summed E-state index contributed by atoms with van der Waals surface area (Å²) >= 11 is 0. The summed E-state index contributed by atoms with van der Waals surface area (Å²) in [5.74, 6) is 1.14. The van der Waals surface area contributed by atoms with E-state index in [9.17, 15) is 4.57 Å². The Kier molecular flexibility index (Phi) is 13.7. The monoisotopic (exact) mass is 472 g/mol. The zero-order chi connectivity index (χ0) is 23.8. The second-order valence-electron chi connectivity index (χ2n) is 9.86. The first-order valence-electron chi connectivity index (χ1n) is 12.9. The molecule has 1 unspecified atom stereocenters. The van der Waals surface area contributed by atoms with Gasteiger partial charge < -0.3 is 9.05 Å². The molecular formula is C29H45O3P. The van der Waals surface area contributed by atoms with Gasteiger partial charge in [0.2, 0.25) is 0 Å². The second kappa shape index (κ2) is 16.3. The van der Waals surface area contributed by atoms with Crippen LogP contribution in [-0.4, -0.2) is 6.16 Å². The summed E-state index contributed by atoms with van der Waals surface area (Å²) in [5, 5.41) is 0. The van der Waals surface area contributed by atoms with Crippen LogP contribution < -0.4 is 0 Å². The average molecular weight is 473 g/mol. The van der Waals surface area contributed by atoms with Crippen molar-refractivity contribution < 1.29 is 13.6 Å². The molecule has 0 aromatic heterocycles. The topological polar surface area (TPSA) is 35.5 Å². The molecule has 0 aliphatic rings. The van der Waals surface area contributed by atoms with Crippen LogP contribution in [0.2, 0.25) is 0 Å². The Labute approximate surface area is 202 Å². The van der Waals surface area contributed by atoms with E-state index in [0.29, 0.717) is 25.3 Å². The predicted octanol–water partition coefficient (Wildman–Crippen LogP) is 9.42. The quantitative estimate of drug-likeness (QED) is 0.160. The van der Waals surface area contributed by atoms with E-state index in [1.807, 2.05) is 60.7 Å². The van der Waals surface area contributed by atoms with E-state index < -0.39 is 7.60 Å².